The van der Waals surface area contributed by atoms with Crippen molar-refractivity contribution in [3.05, 3.63) is 53.7 Å². The maximum atomic E-state index is 12.8. The van der Waals surface area contributed by atoms with Crippen LogP contribution in [0.5, 0.6) is 0 Å². The summed E-state index contributed by atoms with van der Waals surface area (Å²) in [6.45, 7) is 2.07. The predicted octanol–water partition coefficient (Wildman–Crippen LogP) is 1.10. The first-order chi connectivity index (χ1) is 13.9. The number of hydrogen-bond acceptors (Lipinski definition) is 7. The van der Waals surface area contributed by atoms with Gasteiger partial charge >= 0.3 is 0 Å². The number of hydroxylamine groups is 1. The summed E-state index contributed by atoms with van der Waals surface area (Å²) in [5.41, 5.74) is 0.915. The van der Waals surface area contributed by atoms with E-state index in [2.05, 4.69) is 11.1 Å². The van der Waals surface area contributed by atoms with Gasteiger partial charge in [0.25, 0.3) is 15.9 Å². The van der Waals surface area contributed by atoms with Crippen molar-refractivity contribution < 1.29 is 18.0 Å². The van der Waals surface area contributed by atoms with Gasteiger partial charge in [0.15, 0.2) is 0 Å². The second-order valence-corrected chi connectivity index (χ2v) is 8.32. The lowest BCUT2D eigenvalue weighted by molar-refractivity contribution is -0.0258. The second kappa shape index (κ2) is 8.57. The van der Waals surface area contributed by atoms with E-state index in [4.69, 9.17) is 4.84 Å². The molecule has 1 saturated heterocycles. The first-order valence-corrected chi connectivity index (χ1v) is 10.3. The molecule has 1 aliphatic heterocycles. The molecule has 152 valence electrons. The Labute approximate surface area is 169 Å². The molecule has 0 unspecified atom stereocenters. The summed E-state index contributed by atoms with van der Waals surface area (Å²) in [6, 6.07) is 11.3. The van der Waals surface area contributed by atoms with E-state index in [9.17, 15) is 18.5 Å². The van der Waals surface area contributed by atoms with Crippen molar-refractivity contribution in [2.45, 2.75) is 4.90 Å². The van der Waals surface area contributed by atoms with Crippen molar-refractivity contribution in [3.8, 4) is 6.07 Å². The van der Waals surface area contributed by atoms with Gasteiger partial charge < -0.3 is 9.80 Å². The van der Waals surface area contributed by atoms with Crippen molar-refractivity contribution in [1.29, 1.82) is 5.26 Å². The molecular formula is C19H21N5O4S. The molecule has 0 aliphatic carbocycles. The first-order valence-electron chi connectivity index (χ1n) is 8.91. The minimum absolute atomic E-state index is 0.0439. The number of nitrogens with zero attached hydrogens (tertiary/aromatic N) is 5. The summed E-state index contributed by atoms with van der Waals surface area (Å²) in [4.78, 5) is 25.5. The normalized spacial score (nSPS) is 14.7. The smallest absolute Gasteiger partial charge is 0.264 e. The Morgan fingerprint density at radius 2 is 1.83 bits per heavy atom. The van der Waals surface area contributed by atoms with E-state index in [0.29, 0.717) is 43.1 Å². The third kappa shape index (κ3) is 4.22. The summed E-state index contributed by atoms with van der Waals surface area (Å²) in [5, 5.41) is 9.23. The fourth-order valence-corrected chi connectivity index (χ4v) is 4.03. The zero-order chi connectivity index (χ0) is 21.0. The SMILES string of the molecule is CON(C)S(=O)(=O)c1ccc(C(=O)N2CCN(c3ncccc3C#N)CC2)cc1. The number of carbonyl (C=O) groups excluding carboxylic acids is 1. The molecule has 9 nitrogen and oxygen atoms in total. The number of carbonyl (C=O) groups is 1. The number of piperazine rings is 1. The highest BCUT2D eigenvalue weighted by atomic mass is 32.2. The number of rotatable bonds is 5. The number of nitriles is 1. The highest BCUT2D eigenvalue weighted by Gasteiger charge is 2.25. The molecule has 1 aliphatic rings. The maximum absolute atomic E-state index is 12.8. The Bertz CT molecular complexity index is 1030. The van der Waals surface area contributed by atoms with E-state index in [-0.39, 0.29) is 10.8 Å². The Hall–Kier alpha value is -3.00. The molecule has 2 heterocycles. The van der Waals surface area contributed by atoms with E-state index in [1.165, 1.54) is 38.4 Å². The summed E-state index contributed by atoms with van der Waals surface area (Å²) in [5.74, 6) is 0.453. The lowest BCUT2D eigenvalue weighted by atomic mass is 10.1. The minimum atomic E-state index is -3.75. The maximum Gasteiger partial charge on any atom is 0.264 e. The number of amides is 1. The van der Waals surface area contributed by atoms with E-state index >= 15 is 0 Å². The van der Waals surface area contributed by atoms with Gasteiger partial charge in [-0.25, -0.2) is 13.4 Å². The van der Waals surface area contributed by atoms with Crippen LogP contribution in [0, 0.1) is 11.3 Å². The van der Waals surface area contributed by atoms with Gasteiger partial charge in [-0.05, 0) is 36.4 Å². The van der Waals surface area contributed by atoms with Crippen molar-refractivity contribution in [2.75, 3.05) is 45.2 Å². The van der Waals surface area contributed by atoms with Crippen molar-refractivity contribution >= 4 is 21.7 Å². The second-order valence-electron chi connectivity index (χ2n) is 6.39. The molecule has 1 amide bonds. The Kier molecular flexibility index (Phi) is 6.12. The fourth-order valence-electron chi connectivity index (χ4n) is 3.06. The molecule has 1 aromatic carbocycles. The molecule has 0 spiro atoms. The van der Waals surface area contributed by atoms with Crippen LogP contribution in [0.1, 0.15) is 15.9 Å². The van der Waals surface area contributed by atoms with Crippen LogP contribution in [0.4, 0.5) is 5.82 Å². The van der Waals surface area contributed by atoms with Gasteiger partial charge in [-0.3, -0.25) is 9.63 Å². The van der Waals surface area contributed by atoms with Crippen LogP contribution in [0.25, 0.3) is 0 Å². The number of benzene rings is 1. The topological polar surface area (TPSA) is 107 Å². The van der Waals surface area contributed by atoms with E-state index in [1.54, 1.807) is 23.2 Å². The lowest BCUT2D eigenvalue weighted by Gasteiger charge is -2.35. The quantitative estimate of drug-likeness (QED) is 0.673. The van der Waals surface area contributed by atoms with Crippen LogP contribution < -0.4 is 4.90 Å². The molecule has 0 bridgehead atoms. The zero-order valence-electron chi connectivity index (χ0n) is 16.1. The van der Waals surface area contributed by atoms with Gasteiger partial charge in [-0.15, -0.1) is 0 Å². The molecule has 10 heteroatoms. The molecule has 0 radical (unpaired) electrons. The molecule has 29 heavy (non-hydrogen) atoms. The Morgan fingerprint density at radius 1 is 1.17 bits per heavy atom. The minimum Gasteiger partial charge on any atom is -0.352 e. The number of anilines is 1. The van der Waals surface area contributed by atoms with Crippen LogP contribution in [-0.2, 0) is 14.9 Å². The average Bonchev–Trinajstić information content (AvgIpc) is 2.78. The number of aromatic nitrogens is 1. The van der Waals surface area contributed by atoms with Crippen molar-refractivity contribution in [2.24, 2.45) is 0 Å². The summed E-state index contributed by atoms with van der Waals surface area (Å²) in [6.07, 6.45) is 1.64. The molecular weight excluding hydrogens is 394 g/mol. The fraction of sp³-hybridized carbons (Fsp3) is 0.316. The molecule has 1 aromatic heterocycles. The largest absolute Gasteiger partial charge is 0.352 e. The third-order valence-corrected chi connectivity index (χ3v) is 6.46. The monoisotopic (exact) mass is 415 g/mol. The van der Waals surface area contributed by atoms with E-state index in [1.807, 2.05) is 4.90 Å². The lowest BCUT2D eigenvalue weighted by Crippen LogP contribution is -2.49. The zero-order valence-corrected chi connectivity index (χ0v) is 17.0. The van der Waals surface area contributed by atoms with Gasteiger partial charge in [0.2, 0.25) is 0 Å². The number of hydrogen-bond donors (Lipinski definition) is 0. The van der Waals surface area contributed by atoms with Crippen molar-refractivity contribution in [1.82, 2.24) is 14.4 Å². The van der Waals surface area contributed by atoms with Gasteiger partial charge in [0, 0.05) is 45.0 Å². The Morgan fingerprint density at radius 3 is 2.41 bits per heavy atom. The van der Waals surface area contributed by atoms with Gasteiger partial charge in [0.1, 0.15) is 11.9 Å². The van der Waals surface area contributed by atoms with Crippen LogP contribution in [0.2, 0.25) is 0 Å². The summed E-state index contributed by atoms with van der Waals surface area (Å²) >= 11 is 0. The summed E-state index contributed by atoms with van der Waals surface area (Å²) < 4.78 is 25.2. The standard InChI is InChI=1S/C19H21N5O4S/c1-22(28-2)29(26,27)17-7-5-15(6-8-17)19(25)24-12-10-23(11-13-24)18-16(14-20)4-3-9-21-18/h3-9H,10-13H2,1-2H3. The van der Waals surface area contributed by atoms with Crippen molar-refractivity contribution in [3.63, 3.8) is 0 Å². The molecule has 3 rings (SSSR count). The molecule has 0 N–H and O–H groups in total. The van der Waals surface area contributed by atoms with Crippen LogP contribution >= 0.6 is 0 Å². The van der Waals surface area contributed by atoms with Gasteiger partial charge in [-0.2, -0.15) is 5.26 Å². The highest BCUT2D eigenvalue weighted by Crippen LogP contribution is 2.20. The van der Waals surface area contributed by atoms with Crippen LogP contribution in [0.15, 0.2) is 47.5 Å². The van der Waals surface area contributed by atoms with E-state index < -0.39 is 10.0 Å². The Balaban J connectivity index is 1.68. The van der Waals surface area contributed by atoms with Crippen LogP contribution in [0.3, 0.4) is 0 Å². The molecule has 0 saturated carbocycles. The number of sulfonamides is 1. The first kappa shape index (κ1) is 20.7. The molecule has 0 atom stereocenters. The predicted molar refractivity (Wildman–Crippen MR) is 105 cm³/mol. The average molecular weight is 415 g/mol. The van der Waals surface area contributed by atoms with Crippen LogP contribution in [-0.4, -0.2) is 69.0 Å². The molecule has 2 aromatic rings. The summed E-state index contributed by atoms with van der Waals surface area (Å²) in [7, 11) is -1.19. The van der Waals surface area contributed by atoms with E-state index in [0.717, 1.165) is 4.47 Å². The third-order valence-electron chi connectivity index (χ3n) is 4.77. The highest BCUT2D eigenvalue weighted by molar-refractivity contribution is 7.89. The van der Waals surface area contributed by atoms with Gasteiger partial charge in [-0.1, -0.05) is 4.47 Å². The molecule has 1 fully saturated rings. The van der Waals surface area contributed by atoms with Gasteiger partial charge in [0.05, 0.1) is 17.6 Å². The number of pyridine rings is 1.